The molecule has 4 heteroatoms. The van der Waals surface area contributed by atoms with Crippen molar-refractivity contribution >= 4 is 47.8 Å². The van der Waals surface area contributed by atoms with Crippen molar-refractivity contribution in [3.63, 3.8) is 0 Å². The van der Waals surface area contributed by atoms with Gasteiger partial charge in [-0.2, -0.15) is 5.26 Å². The summed E-state index contributed by atoms with van der Waals surface area (Å²) in [6, 6.07) is 5.79. The second kappa shape index (κ2) is 4.40. The lowest BCUT2D eigenvalue weighted by atomic mass is 10.1. The molecule has 0 radical (unpaired) electrons. The third-order valence-electron chi connectivity index (χ3n) is 1.45. The maximum absolute atomic E-state index is 8.76. The van der Waals surface area contributed by atoms with Gasteiger partial charge in [-0.1, -0.05) is 15.9 Å². The molecule has 0 amide bonds. The summed E-state index contributed by atoms with van der Waals surface area (Å²) >= 11 is 10.1. The molecule has 1 aromatic rings. The molecule has 0 saturated carbocycles. The van der Waals surface area contributed by atoms with Crippen LogP contribution in [0.5, 0.6) is 0 Å². The molecule has 0 atom stereocenters. The second-order valence-corrected chi connectivity index (χ2v) is 4.34. The van der Waals surface area contributed by atoms with Gasteiger partial charge in [-0.15, -0.1) is 0 Å². The average molecular weight is 354 g/mol. The van der Waals surface area contributed by atoms with Gasteiger partial charge < -0.3 is 0 Å². The number of hydrogen-bond acceptors (Lipinski definition) is 1. The largest absolute Gasteiger partial charge is 0.192 e. The summed E-state index contributed by atoms with van der Waals surface area (Å²) in [6.07, 6.45) is 0. The van der Waals surface area contributed by atoms with Crippen molar-refractivity contribution in [1.82, 2.24) is 0 Å². The molecule has 0 spiro atoms. The predicted molar refractivity (Wildman–Crippen MR) is 59.2 cm³/mol. The molecule has 1 aromatic carbocycles. The quantitative estimate of drug-likeness (QED) is 0.701. The zero-order valence-electron chi connectivity index (χ0n) is 5.94. The van der Waals surface area contributed by atoms with Crippen LogP contribution in [-0.2, 0) is 5.33 Å². The third kappa shape index (κ3) is 1.90. The lowest BCUT2D eigenvalue weighted by molar-refractivity contribution is 1.33. The molecule has 0 saturated heterocycles. The van der Waals surface area contributed by atoms with Crippen LogP contribution < -0.4 is 0 Å². The highest BCUT2D eigenvalue weighted by Crippen LogP contribution is 2.30. The van der Waals surface area contributed by atoms with E-state index < -0.39 is 0 Å². The fraction of sp³-hybridized carbons (Fsp3) is 0.125. The Hall–Kier alpha value is 0.150. The molecule has 0 bridgehead atoms. The number of rotatable bonds is 1. The summed E-state index contributed by atoms with van der Waals surface area (Å²) in [5.74, 6) is 0. The van der Waals surface area contributed by atoms with Gasteiger partial charge in [0, 0.05) is 14.3 Å². The van der Waals surface area contributed by atoms with E-state index in [2.05, 4.69) is 53.9 Å². The van der Waals surface area contributed by atoms with E-state index in [9.17, 15) is 0 Å². The molecule has 62 valence electrons. The minimum Gasteiger partial charge on any atom is -0.192 e. The lowest BCUT2D eigenvalue weighted by Crippen LogP contribution is -1.88. The number of nitriles is 1. The van der Waals surface area contributed by atoms with E-state index in [0.717, 1.165) is 14.5 Å². The summed E-state index contributed by atoms with van der Waals surface area (Å²) in [5.41, 5.74) is 1.67. The SMILES string of the molecule is N#Cc1ccc(Br)c(Br)c1CBr. The van der Waals surface area contributed by atoms with Crippen molar-refractivity contribution in [2.45, 2.75) is 5.33 Å². The van der Waals surface area contributed by atoms with Crippen molar-refractivity contribution in [3.05, 3.63) is 32.2 Å². The first-order valence-corrected chi connectivity index (χ1v) is 5.84. The van der Waals surface area contributed by atoms with Gasteiger partial charge in [0.15, 0.2) is 0 Å². The standard InChI is InChI=1S/C8H4Br3N/c9-3-6-5(4-12)1-2-7(10)8(6)11/h1-2H,3H2. The van der Waals surface area contributed by atoms with Crippen LogP contribution in [0.15, 0.2) is 21.1 Å². The number of halogens is 3. The lowest BCUT2D eigenvalue weighted by Gasteiger charge is -2.04. The van der Waals surface area contributed by atoms with Crippen molar-refractivity contribution in [1.29, 1.82) is 5.26 Å². The van der Waals surface area contributed by atoms with Crippen LogP contribution in [-0.4, -0.2) is 0 Å². The fourth-order valence-electron chi connectivity index (χ4n) is 0.828. The van der Waals surface area contributed by atoms with Crippen molar-refractivity contribution in [2.24, 2.45) is 0 Å². The Kier molecular flexibility index (Phi) is 3.76. The molecular formula is C8H4Br3N. The van der Waals surface area contributed by atoms with Gasteiger partial charge in [0.25, 0.3) is 0 Å². The van der Waals surface area contributed by atoms with Crippen molar-refractivity contribution in [3.8, 4) is 6.07 Å². The van der Waals surface area contributed by atoms with Crippen molar-refractivity contribution in [2.75, 3.05) is 0 Å². The Morgan fingerprint density at radius 3 is 2.50 bits per heavy atom. The van der Waals surface area contributed by atoms with Gasteiger partial charge in [-0.05, 0) is 49.6 Å². The van der Waals surface area contributed by atoms with Crippen LogP contribution in [0.1, 0.15) is 11.1 Å². The minimum atomic E-state index is 0.677. The molecule has 12 heavy (non-hydrogen) atoms. The van der Waals surface area contributed by atoms with Crippen LogP contribution >= 0.6 is 47.8 Å². The molecule has 0 aliphatic rings. The van der Waals surface area contributed by atoms with Crippen LogP contribution in [0.4, 0.5) is 0 Å². The van der Waals surface area contributed by atoms with Gasteiger partial charge in [0.05, 0.1) is 11.6 Å². The van der Waals surface area contributed by atoms with Crippen LogP contribution in [0.25, 0.3) is 0 Å². The van der Waals surface area contributed by atoms with E-state index >= 15 is 0 Å². The zero-order valence-corrected chi connectivity index (χ0v) is 10.7. The zero-order chi connectivity index (χ0) is 9.14. The highest BCUT2D eigenvalue weighted by Gasteiger charge is 2.07. The third-order valence-corrected chi connectivity index (χ3v) is 4.11. The topological polar surface area (TPSA) is 23.8 Å². The first-order valence-electron chi connectivity index (χ1n) is 3.13. The maximum atomic E-state index is 8.76. The smallest absolute Gasteiger partial charge is 0.0995 e. The number of nitrogens with zero attached hydrogens (tertiary/aromatic N) is 1. The van der Waals surface area contributed by atoms with Gasteiger partial charge in [-0.25, -0.2) is 0 Å². The van der Waals surface area contributed by atoms with E-state index in [-0.39, 0.29) is 0 Å². The van der Waals surface area contributed by atoms with Crippen LogP contribution in [0.3, 0.4) is 0 Å². The summed E-state index contributed by atoms with van der Waals surface area (Å²) in [5, 5.41) is 9.43. The van der Waals surface area contributed by atoms with E-state index in [1.54, 1.807) is 6.07 Å². The summed E-state index contributed by atoms with van der Waals surface area (Å²) in [6.45, 7) is 0. The molecule has 0 N–H and O–H groups in total. The maximum Gasteiger partial charge on any atom is 0.0995 e. The number of alkyl halides is 1. The minimum absolute atomic E-state index is 0.677. The van der Waals surface area contributed by atoms with Crippen LogP contribution in [0, 0.1) is 11.3 Å². The average Bonchev–Trinajstić information content (AvgIpc) is 2.09. The van der Waals surface area contributed by atoms with E-state index in [0.29, 0.717) is 10.9 Å². The Bertz CT molecular complexity index is 341. The van der Waals surface area contributed by atoms with E-state index in [1.807, 2.05) is 6.07 Å². The van der Waals surface area contributed by atoms with E-state index in [1.165, 1.54) is 0 Å². The molecule has 1 rings (SSSR count). The Balaban J connectivity index is 3.38. The summed E-state index contributed by atoms with van der Waals surface area (Å²) in [4.78, 5) is 0. The van der Waals surface area contributed by atoms with Gasteiger partial charge in [-0.3, -0.25) is 0 Å². The number of hydrogen-bond donors (Lipinski definition) is 0. The number of benzene rings is 1. The Morgan fingerprint density at radius 1 is 1.33 bits per heavy atom. The van der Waals surface area contributed by atoms with Crippen molar-refractivity contribution < 1.29 is 0 Å². The fourth-order valence-corrected chi connectivity index (χ4v) is 2.64. The first kappa shape index (κ1) is 10.2. The second-order valence-electron chi connectivity index (χ2n) is 2.13. The summed E-state index contributed by atoms with van der Waals surface area (Å²) < 4.78 is 1.91. The molecule has 0 aliphatic carbocycles. The van der Waals surface area contributed by atoms with Gasteiger partial charge in [0.1, 0.15) is 0 Å². The highest BCUT2D eigenvalue weighted by molar-refractivity contribution is 9.13. The molecule has 0 fully saturated rings. The molecule has 0 aliphatic heterocycles. The Morgan fingerprint density at radius 2 is 2.00 bits per heavy atom. The summed E-state index contributed by atoms with van der Waals surface area (Å²) in [7, 11) is 0. The first-order chi connectivity index (χ1) is 5.70. The molecule has 0 heterocycles. The van der Waals surface area contributed by atoms with Gasteiger partial charge in [0.2, 0.25) is 0 Å². The molecule has 0 unspecified atom stereocenters. The van der Waals surface area contributed by atoms with Gasteiger partial charge >= 0.3 is 0 Å². The molecule has 0 aromatic heterocycles. The van der Waals surface area contributed by atoms with E-state index in [4.69, 9.17) is 5.26 Å². The highest BCUT2D eigenvalue weighted by atomic mass is 79.9. The Labute approximate surface area is 96.2 Å². The normalized spacial score (nSPS) is 9.50. The monoisotopic (exact) mass is 351 g/mol. The van der Waals surface area contributed by atoms with Crippen LogP contribution in [0.2, 0.25) is 0 Å². The molecule has 1 nitrogen and oxygen atoms in total. The molecular weight excluding hydrogens is 350 g/mol. The predicted octanol–water partition coefficient (Wildman–Crippen LogP) is 3.98.